The zero-order valence-electron chi connectivity index (χ0n) is 33.7. The molecule has 2 nitrogen and oxygen atoms in total. The van der Waals surface area contributed by atoms with Crippen LogP contribution in [0.15, 0.2) is 164 Å². The molecule has 3 heteroatoms. The molecule has 0 radical (unpaired) electrons. The van der Waals surface area contributed by atoms with E-state index < -0.39 is 14.0 Å². The summed E-state index contributed by atoms with van der Waals surface area (Å²) in [7, 11) is -3.14. The van der Waals surface area contributed by atoms with E-state index in [9.17, 15) is 1.37 Å². The van der Waals surface area contributed by atoms with Crippen molar-refractivity contribution in [3.63, 3.8) is 0 Å². The standard InChI is InChI=1S/C53H48O2Si/c1-52(2)43-26-13-15-30-47(43)54-50-41(25-17-28-45(50)52)40-34-33-39(35-42(40)36-19-11-12-20-36)56(37-21-7-5-8-22-37,38-23-9-6-10-24-38)49-32-18-29-46-51(49)55-48-31-16-14-27-44(48)53(46,3)4/h5-10,13-18,21-36H,11-12,19-20H2,1-4H3/i36D. The Balaban J connectivity index is 1.28. The van der Waals surface area contributed by atoms with Crippen molar-refractivity contribution >= 4 is 28.8 Å². The van der Waals surface area contributed by atoms with E-state index in [1.165, 1.54) is 43.0 Å². The van der Waals surface area contributed by atoms with Gasteiger partial charge in [-0.3, -0.25) is 0 Å². The van der Waals surface area contributed by atoms with Crippen LogP contribution in [0.5, 0.6) is 23.0 Å². The topological polar surface area (TPSA) is 18.5 Å². The van der Waals surface area contributed by atoms with Crippen molar-refractivity contribution in [1.82, 2.24) is 0 Å². The molecule has 2 aliphatic heterocycles. The number of ether oxygens (including phenoxy) is 2. The van der Waals surface area contributed by atoms with Gasteiger partial charge in [0.2, 0.25) is 0 Å². The second kappa shape index (κ2) is 13.2. The maximum atomic E-state index is 10.3. The van der Waals surface area contributed by atoms with Crippen molar-refractivity contribution in [2.24, 2.45) is 0 Å². The lowest BCUT2D eigenvalue weighted by Gasteiger charge is -2.41. The van der Waals surface area contributed by atoms with Crippen LogP contribution >= 0.6 is 0 Å². The van der Waals surface area contributed by atoms with Crippen LogP contribution in [0.4, 0.5) is 0 Å². The molecule has 7 aromatic carbocycles. The Labute approximate surface area is 334 Å². The van der Waals surface area contributed by atoms with Gasteiger partial charge in [-0.05, 0) is 62.7 Å². The average molecular weight is 746 g/mol. The molecular formula is C53H48O2Si. The highest BCUT2D eigenvalue weighted by atomic mass is 28.3. The first-order chi connectivity index (χ1) is 27.6. The normalized spacial score (nSPS) is 17.2. The van der Waals surface area contributed by atoms with Crippen LogP contribution in [-0.2, 0) is 10.8 Å². The molecule has 0 atom stereocenters. The largest absolute Gasteiger partial charge is 0.457 e. The van der Waals surface area contributed by atoms with E-state index in [4.69, 9.17) is 9.47 Å². The fourth-order valence-corrected chi connectivity index (χ4v) is 15.0. The highest BCUT2D eigenvalue weighted by Gasteiger charge is 2.47. The third-order valence-corrected chi connectivity index (χ3v) is 17.8. The molecule has 1 fully saturated rings. The van der Waals surface area contributed by atoms with E-state index in [0.717, 1.165) is 65.4 Å². The molecule has 0 N–H and O–H groups in total. The third-order valence-electron chi connectivity index (χ3n) is 13.1. The van der Waals surface area contributed by atoms with Crippen molar-refractivity contribution in [2.45, 2.75) is 70.1 Å². The number of fused-ring (bicyclic) bond motifs is 4. The lowest BCUT2D eigenvalue weighted by Crippen LogP contribution is -2.75. The SMILES string of the molecule is [2H]C1(c2cc([Si](c3ccccc3)(c3ccccc3)c3cccc4c3Oc3ccccc3C4(C)C)ccc2-c2cccc3c2Oc2ccccc2C3(C)C)CCCC1. The van der Waals surface area contributed by atoms with E-state index in [-0.39, 0.29) is 10.8 Å². The van der Waals surface area contributed by atoms with E-state index in [1.807, 2.05) is 0 Å². The highest BCUT2D eigenvalue weighted by Crippen LogP contribution is 2.53. The lowest BCUT2D eigenvalue weighted by atomic mass is 9.74. The van der Waals surface area contributed by atoms with Gasteiger partial charge in [0, 0.05) is 40.0 Å². The Morgan fingerprint density at radius 1 is 0.482 bits per heavy atom. The molecule has 0 unspecified atom stereocenters. The average Bonchev–Trinajstić information content (AvgIpc) is 3.69. The first-order valence-electron chi connectivity index (χ1n) is 20.7. The van der Waals surface area contributed by atoms with Crippen molar-refractivity contribution in [3.05, 3.63) is 192 Å². The fourth-order valence-electron chi connectivity index (χ4n) is 10.2. The summed E-state index contributed by atoms with van der Waals surface area (Å²) in [6.45, 7) is 9.24. The Hall–Kier alpha value is -5.64. The number of benzene rings is 7. The second-order valence-electron chi connectivity index (χ2n) is 16.9. The quantitative estimate of drug-likeness (QED) is 0.125. The molecule has 0 aromatic heterocycles. The summed E-state index contributed by atoms with van der Waals surface area (Å²) in [5.41, 5.74) is 7.49. The van der Waals surface area contributed by atoms with Crippen LogP contribution in [0.1, 0.15) is 88.5 Å². The molecule has 2 heterocycles. The minimum absolute atomic E-state index is 0.242. The highest BCUT2D eigenvalue weighted by molar-refractivity contribution is 7.20. The minimum Gasteiger partial charge on any atom is -0.457 e. The van der Waals surface area contributed by atoms with Gasteiger partial charge in [-0.25, -0.2) is 0 Å². The Morgan fingerprint density at radius 2 is 0.982 bits per heavy atom. The second-order valence-corrected chi connectivity index (χ2v) is 20.6. The van der Waals surface area contributed by atoms with E-state index in [1.54, 1.807) is 0 Å². The maximum Gasteiger partial charge on any atom is 0.184 e. The number of hydrogen-bond acceptors (Lipinski definition) is 2. The number of hydrogen-bond donors (Lipinski definition) is 0. The van der Waals surface area contributed by atoms with Crippen molar-refractivity contribution in [3.8, 4) is 34.1 Å². The monoisotopic (exact) mass is 745 g/mol. The summed E-state index contributed by atoms with van der Waals surface area (Å²) >= 11 is 0. The molecule has 1 saturated carbocycles. The molecule has 3 aliphatic rings. The predicted molar refractivity (Wildman–Crippen MR) is 234 cm³/mol. The smallest absolute Gasteiger partial charge is 0.184 e. The van der Waals surface area contributed by atoms with Gasteiger partial charge < -0.3 is 9.47 Å². The van der Waals surface area contributed by atoms with Crippen LogP contribution in [0.25, 0.3) is 11.1 Å². The van der Waals surface area contributed by atoms with Crippen molar-refractivity contribution in [1.29, 1.82) is 0 Å². The van der Waals surface area contributed by atoms with Crippen LogP contribution in [-0.4, -0.2) is 8.07 Å². The molecule has 7 aromatic rings. The predicted octanol–water partition coefficient (Wildman–Crippen LogP) is 11.3. The van der Waals surface area contributed by atoms with Crippen LogP contribution in [0.2, 0.25) is 0 Å². The van der Waals surface area contributed by atoms with E-state index in [2.05, 4.69) is 191 Å². The molecule has 276 valence electrons. The number of rotatable bonds is 6. The summed E-state index contributed by atoms with van der Waals surface area (Å²) in [6, 6.07) is 59.8. The zero-order valence-corrected chi connectivity index (χ0v) is 33.7. The van der Waals surface area contributed by atoms with Crippen molar-refractivity contribution in [2.75, 3.05) is 0 Å². The molecular weight excluding hydrogens is 697 g/mol. The first kappa shape index (κ1) is 33.7. The van der Waals surface area contributed by atoms with Crippen LogP contribution in [0.3, 0.4) is 0 Å². The Bertz CT molecular complexity index is 2620. The molecule has 0 saturated heterocycles. The van der Waals surface area contributed by atoms with Gasteiger partial charge >= 0.3 is 0 Å². The van der Waals surface area contributed by atoms with Gasteiger partial charge in [0.1, 0.15) is 23.0 Å². The van der Waals surface area contributed by atoms with E-state index >= 15 is 0 Å². The molecule has 10 rings (SSSR count). The molecule has 0 amide bonds. The number of para-hydroxylation sites is 4. The lowest BCUT2D eigenvalue weighted by molar-refractivity contribution is 0.419. The van der Waals surface area contributed by atoms with Gasteiger partial charge in [0.05, 0.1) is 0 Å². The van der Waals surface area contributed by atoms with Gasteiger partial charge in [-0.2, -0.15) is 0 Å². The van der Waals surface area contributed by atoms with Gasteiger partial charge in [0.15, 0.2) is 8.07 Å². The maximum absolute atomic E-state index is 10.3. The van der Waals surface area contributed by atoms with Gasteiger partial charge in [-0.1, -0.05) is 192 Å². The van der Waals surface area contributed by atoms with E-state index in [0.29, 0.717) is 0 Å². The summed E-state index contributed by atoms with van der Waals surface area (Å²) in [4.78, 5) is 0. The summed E-state index contributed by atoms with van der Waals surface area (Å²) < 4.78 is 24.3. The minimum atomic E-state index is -3.14. The summed E-state index contributed by atoms with van der Waals surface area (Å²) in [5.74, 6) is 2.94. The molecule has 0 spiro atoms. The van der Waals surface area contributed by atoms with Crippen LogP contribution in [0, 0.1) is 0 Å². The van der Waals surface area contributed by atoms with Gasteiger partial charge in [0.25, 0.3) is 0 Å². The molecule has 1 aliphatic carbocycles. The summed E-state index contributed by atoms with van der Waals surface area (Å²) in [6.07, 6.45) is 3.75. The van der Waals surface area contributed by atoms with Crippen molar-refractivity contribution < 1.29 is 10.8 Å². The molecule has 0 bridgehead atoms. The first-order valence-corrected chi connectivity index (χ1v) is 22.2. The van der Waals surface area contributed by atoms with Crippen LogP contribution < -0.4 is 30.2 Å². The summed E-state index contributed by atoms with van der Waals surface area (Å²) in [5, 5.41) is 5.05. The third kappa shape index (κ3) is 5.20. The Morgan fingerprint density at radius 3 is 1.59 bits per heavy atom. The Kier molecular flexibility index (Phi) is 7.96. The zero-order chi connectivity index (χ0) is 39.0. The fraction of sp³-hybridized carbons (Fsp3) is 0.208. The molecule has 56 heavy (non-hydrogen) atoms. The van der Waals surface area contributed by atoms with Gasteiger partial charge in [-0.15, -0.1) is 0 Å².